The van der Waals surface area contributed by atoms with E-state index >= 15 is 0 Å². The molecule has 0 aliphatic carbocycles. The smallest absolute Gasteiger partial charge is 0.343 e. The third kappa shape index (κ3) is 10.4. The minimum Gasteiger partial charge on any atom is -0.481 e. The SMILES string of the molecule is COC(=O)COc1cc(C(=O)OC)cc(OCC(=O)OC)c1-c1c2nc(cc3ccc([nH]3)c(-c3c(OCC(=O)OC)cc(C(=O)OC)cc3OCC(=O)OC)c3nc(cc4ccc1[nH]4)C=C3)C=C2. The molecule has 8 bridgehead atoms. The third-order valence-electron chi connectivity index (χ3n) is 10.2. The Balaban J connectivity index is 1.54. The molecule has 7 rings (SSSR count). The zero-order valence-electron chi connectivity index (χ0n) is 37.3. The van der Waals surface area contributed by atoms with Gasteiger partial charge in [-0.25, -0.2) is 38.7 Å². The molecule has 3 aromatic heterocycles. The Morgan fingerprint density at radius 3 is 1.03 bits per heavy atom. The Bertz CT molecular complexity index is 2790. The fourth-order valence-corrected chi connectivity index (χ4v) is 6.98. The number of ether oxygens (including phenoxy) is 10. The molecule has 2 aliphatic heterocycles. The molecule has 5 heterocycles. The number of hydrogen-bond donors (Lipinski definition) is 2. The monoisotopic (exact) mass is 930 g/mol. The van der Waals surface area contributed by atoms with E-state index in [9.17, 15) is 28.8 Å². The van der Waals surface area contributed by atoms with Gasteiger partial charge < -0.3 is 57.3 Å². The second-order valence-electron chi connectivity index (χ2n) is 14.3. The largest absolute Gasteiger partial charge is 0.481 e. The van der Waals surface area contributed by atoms with Crippen LogP contribution in [0.15, 0.2) is 60.7 Å². The lowest BCUT2D eigenvalue weighted by Crippen LogP contribution is -2.16. The fourth-order valence-electron chi connectivity index (χ4n) is 6.98. The maximum Gasteiger partial charge on any atom is 0.343 e. The summed E-state index contributed by atoms with van der Waals surface area (Å²) in [4.78, 5) is 92.4. The summed E-state index contributed by atoms with van der Waals surface area (Å²) in [5.74, 6) is -4.46. The topological polar surface area (TPSA) is 252 Å². The lowest BCUT2D eigenvalue weighted by Gasteiger charge is -2.18. The van der Waals surface area contributed by atoms with Crippen molar-refractivity contribution in [1.82, 2.24) is 19.9 Å². The molecule has 0 saturated heterocycles. The number of methoxy groups -OCH3 is 6. The predicted octanol–water partition coefficient (Wildman–Crippen LogP) is 5.77. The first-order chi connectivity index (χ1) is 32.9. The molecule has 0 amide bonds. The molecule has 20 heteroatoms. The number of H-pyrrole nitrogens is 2. The van der Waals surface area contributed by atoms with E-state index in [4.69, 9.17) is 57.3 Å². The molecule has 20 nitrogen and oxygen atoms in total. The highest BCUT2D eigenvalue weighted by Gasteiger charge is 2.27. The number of fused-ring (bicyclic) bond motifs is 8. The standard InChI is InChI=1S/C48H42N4O16/c1-59-39(53)21-65-35-15-25(47(57)63-5)16-36(66-22-40(54)60-2)45(35)43-31-11-7-27(49-31)19-29-9-13-33(51-29)44(34-14-10-30(52-34)20-28-8-12-32(43)50-28)46-37(67-23-41(55)61-3)17-26(48(58)64-6)18-38(46)68-24-42(56)62-4/h7-20,49,52H,21-24H2,1-6H3. The van der Waals surface area contributed by atoms with E-state index in [1.807, 2.05) is 0 Å². The van der Waals surface area contributed by atoms with Crippen LogP contribution in [-0.2, 0) is 47.6 Å². The molecule has 0 spiro atoms. The number of carbonyl (C=O) groups is 6. The normalized spacial score (nSPS) is 11.3. The highest BCUT2D eigenvalue weighted by Crippen LogP contribution is 2.46. The summed E-state index contributed by atoms with van der Waals surface area (Å²) in [6.07, 6.45) is 6.96. The molecule has 0 fully saturated rings. The zero-order chi connectivity index (χ0) is 48.5. The summed E-state index contributed by atoms with van der Waals surface area (Å²) in [5, 5.41) is 0. The molecule has 2 aromatic carbocycles. The summed E-state index contributed by atoms with van der Waals surface area (Å²) in [6, 6.07) is 16.1. The molecular weight excluding hydrogens is 889 g/mol. The van der Waals surface area contributed by atoms with E-state index in [-0.39, 0.29) is 45.3 Å². The molecular formula is C48H42N4O16. The Morgan fingerprint density at radius 2 is 0.735 bits per heavy atom. The van der Waals surface area contributed by atoms with Crippen LogP contribution < -0.4 is 18.9 Å². The third-order valence-corrected chi connectivity index (χ3v) is 10.2. The minimum atomic E-state index is -0.758. The van der Waals surface area contributed by atoms with Crippen molar-refractivity contribution in [3.63, 3.8) is 0 Å². The summed E-state index contributed by atoms with van der Waals surface area (Å²) >= 11 is 0. The molecule has 68 heavy (non-hydrogen) atoms. The number of rotatable bonds is 16. The molecule has 0 atom stereocenters. The lowest BCUT2D eigenvalue weighted by atomic mass is 9.99. The van der Waals surface area contributed by atoms with Gasteiger partial charge in [0, 0.05) is 33.2 Å². The highest BCUT2D eigenvalue weighted by atomic mass is 16.6. The lowest BCUT2D eigenvalue weighted by molar-refractivity contribution is -0.143. The average Bonchev–Trinajstić information content (AvgIpc) is 4.21. The summed E-state index contributed by atoms with van der Waals surface area (Å²) in [6.45, 7) is -2.27. The zero-order valence-corrected chi connectivity index (χ0v) is 37.3. The average molecular weight is 931 g/mol. The van der Waals surface area contributed by atoms with E-state index in [0.717, 1.165) is 0 Å². The van der Waals surface area contributed by atoms with Gasteiger partial charge in [0.05, 0.1) is 87.7 Å². The first-order valence-corrected chi connectivity index (χ1v) is 20.3. The molecule has 2 N–H and O–H groups in total. The minimum absolute atomic E-state index is 0.0138. The van der Waals surface area contributed by atoms with Crippen LogP contribution in [0.1, 0.15) is 43.5 Å². The van der Waals surface area contributed by atoms with Gasteiger partial charge in [-0.3, -0.25) is 0 Å². The van der Waals surface area contributed by atoms with Gasteiger partial charge in [-0.2, -0.15) is 0 Å². The second-order valence-corrected chi connectivity index (χ2v) is 14.3. The Kier molecular flexibility index (Phi) is 14.5. The van der Waals surface area contributed by atoms with Gasteiger partial charge in [-0.1, -0.05) is 0 Å². The number of aromatic amines is 2. The van der Waals surface area contributed by atoms with Crippen LogP contribution in [0.4, 0.5) is 0 Å². The number of aromatic nitrogens is 4. The van der Waals surface area contributed by atoms with Crippen molar-refractivity contribution >= 4 is 82.2 Å². The van der Waals surface area contributed by atoms with Crippen molar-refractivity contribution < 1.29 is 76.1 Å². The number of nitrogens with zero attached hydrogens (tertiary/aromatic N) is 2. The van der Waals surface area contributed by atoms with E-state index in [0.29, 0.717) is 56.0 Å². The van der Waals surface area contributed by atoms with Crippen LogP contribution in [0.5, 0.6) is 23.0 Å². The molecule has 0 radical (unpaired) electrons. The van der Waals surface area contributed by atoms with Crippen molar-refractivity contribution in [2.45, 2.75) is 0 Å². The van der Waals surface area contributed by atoms with Crippen LogP contribution in [0.3, 0.4) is 0 Å². The van der Waals surface area contributed by atoms with Gasteiger partial charge in [-0.15, -0.1) is 0 Å². The summed E-state index contributed by atoms with van der Waals surface area (Å²) in [7, 11) is 7.17. The quantitative estimate of drug-likeness (QED) is 0.0861. The molecule has 0 saturated carbocycles. The van der Waals surface area contributed by atoms with Crippen molar-refractivity contribution in [1.29, 1.82) is 0 Å². The van der Waals surface area contributed by atoms with Crippen LogP contribution in [0, 0.1) is 0 Å². The van der Waals surface area contributed by atoms with Crippen LogP contribution >= 0.6 is 0 Å². The van der Waals surface area contributed by atoms with Crippen LogP contribution in [0.25, 0.3) is 68.6 Å². The first-order valence-electron chi connectivity index (χ1n) is 20.3. The number of carbonyl (C=O) groups excluding carboxylic acids is 6. The van der Waals surface area contributed by atoms with Crippen LogP contribution in [-0.4, -0.2) is 125 Å². The van der Waals surface area contributed by atoms with Gasteiger partial charge in [0.15, 0.2) is 26.4 Å². The van der Waals surface area contributed by atoms with Gasteiger partial charge >= 0.3 is 35.8 Å². The van der Waals surface area contributed by atoms with Crippen molar-refractivity contribution in [3.8, 4) is 45.3 Å². The predicted molar refractivity (Wildman–Crippen MR) is 242 cm³/mol. The van der Waals surface area contributed by atoms with Gasteiger partial charge in [0.2, 0.25) is 0 Å². The van der Waals surface area contributed by atoms with Gasteiger partial charge in [0.1, 0.15) is 23.0 Å². The first kappa shape index (κ1) is 47.0. The van der Waals surface area contributed by atoms with E-state index < -0.39 is 62.2 Å². The van der Waals surface area contributed by atoms with E-state index in [1.54, 1.807) is 60.7 Å². The number of hydrogen-bond acceptors (Lipinski definition) is 18. The Hall–Kier alpha value is -8.94. The highest BCUT2D eigenvalue weighted by molar-refractivity contribution is 6.01. The molecule has 350 valence electrons. The fraction of sp³-hybridized carbons (Fsp3) is 0.208. The Labute approximate surface area is 386 Å². The van der Waals surface area contributed by atoms with E-state index in [1.165, 1.54) is 66.9 Å². The van der Waals surface area contributed by atoms with Crippen LogP contribution in [0.2, 0.25) is 0 Å². The molecule has 2 aliphatic rings. The maximum atomic E-state index is 13.0. The number of esters is 6. The summed E-state index contributed by atoms with van der Waals surface area (Å²) < 4.78 is 53.4. The summed E-state index contributed by atoms with van der Waals surface area (Å²) in [5.41, 5.74) is 4.77. The van der Waals surface area contributed by atoms with Crippen molar-refractivity contribution in [2.24, 2.45) is 0 Å². The second kappa shape index (κ2) is 20.9. The van der Waals surface area contributed by atoms with Crippen molar-refractivity contribution in [3.05, 3.63) is 94.6 Å². The molecule has 0 unspecified atom stereocenters. The molecule has 5 aromatic rings. The number of nitrogens with one attached hydrogen (secondary N) is 2. The maximum absolute atomic E-state index is 13.0. The Morgan fingerprint density at radius 1 is 0.412 bits per heavy atom. The van der Waals surface area contributed by atoms with Crippen molar-refractivity contribution in [2.75, 3.05) is 69.1 Å². The van der Waals surface area contributed by atoms with Gasteiger partial charge in [0.25, 0.3) is 0 Å². The van der Waals surface area contributed by atoms with Gasteiger partial charge in [-0.05, 0) is 85.0 Å². The number of benzene rings is 2. The van der Waals surface area contributed by atoms with E-state index in [2.05, 4.69) is 9.97 Å².